The van der Waals surface area contributed by atoms with Crippen molar-refractivity contribution >= 4 is 67.2 Å². The van der Waals surface area contributed by atoms with Crippen molar-refractivity contribution in [2.45, 2.75) is 0 Å². The molecule has 0 N–H and O–H groups in total. The quantitative estimate of drug-likeness (QED) is 0.238. The predicted molar refractivity (Wildman–Crippen MR) is 166 cm³/mol. The van der Waals surface area contributed by atoms with E-state index in [2.05, 4.69) is 0 Å². The zero-order valence-corrected chi connectivity index (χ0v) is 25.3. The van der Waals surface area contributed by atoms with Crippen LogP contribution in [-0.4, -0.2) is 49.5 Å². The van der Waals surface area contributed by atoms with Crippen LogP contribution >= 0.6 is 0 Å². The Morgan fingerprint density at radius 1 is 0.378 bits per heavy atom. The molecule has 0 amide bonds. The minimum Gasteiger partial charge on any atom is -0.357 e. The predicted octanol–water partition coefficient (Wildman–Crippen LogP) is 4.95. The fraction of sp³-hybridized carbons (Fsp3) is 0. The Morgan fingerprint density at radius 2 is 0.711 bits per heavy atom. The van der Waals surface area contributed by atoms with Crippen molar-refractivity contribution < 1.29 is 21.1 Å². The number of benzene rings is 4. The molecular weight excluding hydrogens is 748 g/mol. The maximum atomic E-state index is 4.88. The van der Waals surface area contributed by atoms with Gasteiger partial charge < -0.3 is 29.9 Å². The number of hydrogen-bond donors (Lipinski definition) is 0. The summed E-state index contributed by atoms with van der Waals surface area (Å²) in [5.41, 5.74) is 3.29. The molecule has 0 aliphatic heterocycles. The fourth-order valence-corrected chi connectivity index (χ4v) is 5.22. The van der Waals surface area contributed by atoms with Gasteiger partial charge in [0.05, 0.1) is 11.4 Å². The Bertz CT molecular complexity index is 2440. The van der Waals surface area contributed by atoms with Gasteiger partial charge in [0, 0.05) is 22.6 Å². The van der Waals surface area contributed by atoms with E-state index >= 15 is 0 Å². The second kappa shape index (κ2) is 10.7. The number of aromatic nitrogens is 12. The van der Waals surface area contributed by atoms with Gasteiger partial charge in [0.2, 0.25) is 0 Å². The van der Waals surface area contributed by atoms with Gasteiger partial charge in [-0.15, -0.1) is 10.2 Å². The molecule has 12 nitrogen and oxygen atoms in total. The Labute approximate surface area is 267 Å². The number of rotatable bonds is 2. The van der Waals surface area contributed by atoms with Crippen LogP contribution in [0.5, 0.6) is 0 Å². The van der Waals surface area contributed by atoms with Gasteiger partial charge in [-0.25, -0.2) is 19.3 Å². The molecule has 13 heteroatoms. The summed E-state index contributed by atoms with van der Waals surface area (Å²) in [6.07, 6.45) is 0. The Morgan fingerprint density at radius 3 is 1.09 bits per heavy atom. The van der Waals surface area contributed by atoms with E-state index in [9.17, 15) is 0 Å². The molecule has 0 saturated heterocycles. The minimum absolute atomic E-state index is 0. The van der Waals surface area contributed by atoms with E-state index in [0.29, 0.717) is 34.1 Å². The van der Waals surface area contributed by atoms with Gasteiger partial charge in [0.25, 0.3) is 0 Å². The molecule has 9 rings (SSSR count). The van der Waals surface area contributed by atoms with Gasteiger partial charge >= 0.3 is 21.1 Å². The standard InChI is InChI=1S/C32H18N12.Pt/c1-3-11-19(12-4-1)43-31-37-27-23-17-9-7-15-21(23)26(33-27)36-30-40-32(44(42-30)20-13-5-2-6-14-20)38-28-24-18-10-8-16-22(24)25(34-28)35-29(39-31)41-43;/h1-18H;/q-2;+2. The number of hydrogen-bond acceptors (Lipinski definition) is 8. The van der Waals surface area contributed by atoms with Gasteiger partial charge in [-0.3, -0.25) is 0 Å². The summed E-state index contributed by atoms with van der Waals surface area (Å²) in [5.74, 6) is 1.02. The third-order valence-corrected chi connectivity index (χ3v) is 7.22. The van der Waals surface area contributed by atoms with E-state index in [0.717, 1.165) is 32.9 Å². The first-order chi connectivity index (χ1) is 21.8. The average Bonchev–Trinajstić information content (AvgIpc) is 3.83. The van der Waals surface area contributed by atoms with Crippen molar-refractivity contribution in [1.29, 1.82) is 0 Å². The number of para-hydroxylation sites is 2. The molecule has 0 aliphatic carbocycles. The maximum absolute atomic E-state index is 4.88. The Balaban J connectivity index is 0.00000300. The van der Waals surface area contributed by atoms with E-state index in [1.165, 1.54) is 0 Å². The monoisotopic (exact) mass is 765 g/mol. The summed E-state index contributed by atoms with van der Waals surface area (Å²) < 4.78 is 3.28. The van der Waals surface area contributed by atoms with Crippen LogP contribution in [0, 0.1) is 0 Å². The summed E-state index contributed by atoms with van der Waals surface area (Å²) in [6, 6.07) is 34.8. The van der Waals surface area contributed by atoms with E-state index in [-0.39, 0.29) is 32.6 Å². The molecule has 0 radical (unpaired) electrons. The van der Waals surface area contributed by atoms with Crippen LogP contribution in [-0.2, 0) is 21.1 Å². The summed E-state index contributed by atoms with van der Waals surface area (Å²) in [6.45, 7) is 0. The third-order valence-electron chi connectivity index (χ3n) is 7.22. The van der Waals surface area contributed by atoms with E-state index in [4.69, 9.17) is 50.1 Å². The van der Waals surface area contributed by atoms with E-state index < -0.39 is 0 Å². The zero-order valence-electron chi connectivity index (χ0n) is 23.1. The van der Waals surface area contributed by atoms with Crippen LogP contribution in [0.1, 0.15) is 0 Å². The van der Waals surface area contributed by atoms with Crippen molar-refractivity contribution in [3.63, 3.8) is 0 Å². The Hall–Kier alpha value is -5.87. The van der Waals surface area contributed by atoms with Crippen LogP contribution in [0.3, 0.4) is 0 Å². The molecule has 4 aromatic carbocycles. The average molecular weight is 766 g/mol. The van der Waals surface area contributed by atoms with Gasteiger partial charge in [-0.1, -0.05) is 84.9 Å². The van der Waals surface area contributed by atoms with Crippen molar-refractivity contribution in [3.8, 4) is 11.4 Å². The summed E-state index contributed by atoms with van der Waals surface area (Å²) in [5, 5.41) is 12.6. The second-order valence-electron chi connectivity index (χ2n) is 9.97. The summed E-state index contributed by atoms with van der Waals surface area (Å²) >= 11 is 0. The first-order valence-electron chi connectivity index (χ1n) is 13.8. The molecule has 0 saturated carbocycles. The van der Waals surface area contributed by atoms with Crippen LogP contribution < -0.4 is 9.97 Å². The second-order valence-corrected chi connectivity index (χ2v) is 9.97. The molecule has 0 aliphatic rings. The van der Waals surface area contributed by atoms with Gasteiger partial charge in [0.1, 0.15) is 0 Å². The molecule has 0 fully saturated rings. The van der Waals surface area contributed by atoms with Crippen LogP contribution in [0.2, 0.25) is 0 Å². The molecule has 5 aromatic heterocycles. The number of nitrogens with zero attached hydrogens (tertiary/aromatic N) is 12. The molecule has 0 unspecified atom stereocenters. The van der Waals surface area contributed by atoms with Gasteiger partial charge in [-0.2, -0.15) is 0 Å². The zero-order chi connectivity index (χ0) is 29.0. The van der Waals surface area contributed by atoms with Crippen molar-refractivity contribution in [2.24, 2.45) is 0 Å². The summed E-state index contributed by atoms with van der Waals surface area (Å²) in [7, 11) is 0. The largest absolute Gasteiger partial charge is 2.00 e. The van der Waals surface area contributed by atoms with Gasteiger partial charge in [-0.05, 0) is 45.8 Å². The Kier molecular flexibility index (Phi) is 6.35. The first kappa shape index (κ1) is 26.7. The maximum Gasteiger partial charge on any atom is 2.00 e. The van der Waals surface area contributed by atoms with Crippen LogP contribution in [0.15, 0.2) is 109 Å². The smallest absolute Gasteiger partial charge is 0.357 e. The molecule has 8 bridgehead atoms. The molecule has 0 atom stereocenters. The van der Waals surface area contributed by atoms with Crippen molar-refractivity contribution in [2.75, 3.05) is 0 Å². The SMILES string of the molecule is [Pt+2].c1ccc(-n2nc3nc4[n-]c(nc5nc(nc6[n-]c(nc2n3)c2ccccc62)nn5-c2ccccc2)c2ccccc42)cc1. The molecule has 0 spiro atoms. The van der Waals surface area contributed by atoms with E-state index in [1.807, 2.05) is 109 Å². The molecule has 216 valence electrons. The van der Waals surface area contributed by atoms with Crippen LogP contribution in [0.4, 0.5) is 0 Å². The van der Waals surface area contributed by atoms with Gasteiger partial charge in [0.15, 0.2) is 23.1 Å². The first-order valence-corrected chi connectivity index (χ1v) is 13.8. The fourth-order valence-electron chi connectivity index (χ4n) is 5.22. The molecule has 9 aromatic rings. The summed E-state index contributed by atoms with van der Waals surface area (Å²) in [4.78, 5) is 38.3. The minimum atomic E-state index is 0. The topological polar surface area (TPSA) is 141 Å². The normalized spacial score (nSPS) is 11.4. The van der Waals surface area contributed by atoms with Crippen molar-refractivity contribution in [3.05, 3.63) is 109 Å². The van der Waals surface area contributed by atoms with E-state index in [1.54, 1.807) is 9.36 Å². The molecule has 45 heavy (non-hydrogen) atoms. The number of fused-ring (bicyclic) bond motifs is 14. The van der Waals surface area contributed by atoms with Crippen LogP contribution in [0.25, 0.3) is 78.6 Å². The molecule has 5 heterocycles. The van der Waals surface area contributed by atoms with Crippen molar-refractivity contribution in [1.82, 2.24) is 59.4 Å². The third kappa shape index (κ3) is 4.59. The molecular formula is C32H18N12Pt.